The Morgan fingerprint density at radius 2 is 1.91 bits per heavy atom. The van der Waals surface area contributed by atoms with Crippen LogP contribution in [0.5, 0.6) is 5.75 Å². The maximum atomic E-state index is 12.5. The molecule has 0 bridgehead atoms. The standard InChI is InChI=1S/C26H28N4O4/c1-8-17-13-18(9-11-21(17)30(7)25(31)33-26(4,5)6)23-28-24(34-29-23)19-10-12-22(32-16(2)3)20(14-19)15-27/h8-14,16H,1H2,2-7H3. The predicted octanol–water partition coefficient (Wildman–Crippen LogP) is 6.08. The lowest BCUT2D eigenvalue weighted by Gasteiger charge is -2.25. The van der Waals surface area contributed by atoms with Gasteiger partial charge in [0.05, 0.1) is 17.4 Å². The maximum Gasteiger partial charge on any atom is 0.414 e. The average Bonchev–Trinajstić information content (AvgIpc) is 3.27. The summed E-state index contributed by atoms with van der Waals surface area (Å²) >= 11 is 0. The monoisotopic (exact) mass is 460 g/mol. The van der Waals surface area contributed by atoms with Crippen LogP contribution >= 0.6 is 0 Å². The molecule has 176 valence electrons. The van der Waals surface area contributed by atoms with Gasteiger partial charge in [0.25, 0.3) is 5.89 Å². The smallest absolute Gasteiger partial charge is 0.414 e. The van der Waals surface area contributed by atoms with Crippen LogP contribution in [0.15, 0.2) is 47.5 Å². The topological polar surface area (TPSA) is 101 Å². The highest BCUT2D eigenvalue weighted by Crippen LogP contribution is 2.30. The zero-order valence-electron chi connectivity index (χ0n) is 20.2. The molecule has 0 aliphatic rings. The van der Waals surface area contributed by atoms with E-state index in [2.05, 4.69) is 22.8 Å². The highest BCUT2D eigenvalue weighted by molar-refractivity contribution is 5.91. The molecule has 2 aromatic carbocycles. The molecule has 34 heavy (non-hydrogen) atoms. The van der Waals surface area contributed by atoms with Crippen LogP contribution in [0.1, 0.15) is 45.7 Å². The fourth-order valence-electron chi connectivity index (χ4n) is 3.16. The van der Waals surface area contributed by atoms with Crippen molar-refractivity contribution in [2.45, 2.75) is 46.3 Å². The van der Waals surface area contributed by atoms with E-state index in [1.54, 1.807) is 43.5 Å². The van der Waals surface area contributed by atoms with Crippen molar-refractivity contribution in [2.24, 2.45) is 0 Å². The van der Waals surface area contributed by atoms with E-state index in [-0.39, 0.29) is 12.0 Å². The lowest BCUT2D eigenvalue weighted by Crippen LogP contribution is -2.34. The molecular formula is C26H28N4O4. The molecule has 0 radical (unpaired) electrons. The van der Waals surface area contributed by atoms with E-state index in [1.165, 1.54) is 4.90 Å². The highest BCUT2D eigenvalue weighted by Gasteiger charge is 2.22. The number of rotatable bonds is 6. The molecule has 0 saturated heterocycles. The number of benzene rings is 2. The average molecular weight is 461 g/mol. The van der Waals surface area contributed by atoms with Gasteiger partial charge >= 0.3 is 6.09 Å². The highest BCUT2D eigenvalue weighted by atomic mass is 16.6. The number of hydrogen-bond donors (Lipinski definition) is 0. The summed E-state index contributed by atoms with van der Waals surface area (Å²) in [5.74, 6) is 1.14. The number of aromatic nitrogens is 2. The van der Waals surface area contributed by atoms with Crippen molar-refractivity contribution in [3.05, 3.63) is 54.1 Å². The zero-order valence-corrected chi connectivity index (χ0v) is 20.2. The number of nitriles is 1. The van der Waals surface area contributed by atoms with Crippen LogP contribution in [0.25, 0.3) is 28.9 Å². The normalized spacial score (nSPS) is 11.1. The molecule has 8 heteroatoms. The van der Waals surface area contributed by atoms with Crippen molar-refractivity contribution in [2.75, 3.05) is 11.9 Å². The third-order valence-electron chi connectivity index (χ3n) is 4.67. The molecule has 0 fully saturated rings. The van der Waals surface area contributed by atoms with Gasteiger partial charge in [-0.25, -0.2) is 4.79 Å². The number of carbonyl (C=O) groups excluding carboxylic acids is 1. The molecule has 1 amide bonds. The molecule has 0 atom stereocenters. The van der Waals surface area contributed by atoms with E-state index in [1.807, 2.05) is 40.7 Å². The first kappa shape index (κ1) is 24.5. The molecule has 0 unspecified atom stereocenters. The summed E-state index contributed by atoms with van der Waals surface area (Å²) in [6.07, 6.45) is 1.13. The van der Waals surface area contributed by atoms with E-state index in [4.69, 9.17) is 14.0 Å². The van der Waals surface area contributed by atoms with Crippen LogP contribution in [-0.2, 0) is 4.74 Å². The van der Waals surface area contributed by atoms with Gasteiger partial charge in [-0.1, -0.05) is 17.8 Å². The Hall–Kier alpha value is -4.12. The number of nitrogens with zero attached hydrogens (tertiary/aromatic N) is 4. The van der Waals surface area contributed by atoms with Crippen LogP contribution in [-0.4, -0.2) is 35.0 Å². The molecule has 0 saturated carbocycles. The third kappa shape index (κ3) is 5.62. The summed E-state index contributed by atoms with van der Waals surface area (Å²) in [6.45, 7) is 13.1. The second kappa shape index (κ2) is 9.79. The Balaban J connectivity index is 1.89. The molecule has 1 heterocycles. The van der Waals surface area contributed by atoms with Gasteiger partial charge in [0, 0.05) is 18.2 Å². The van der Waals surface area contributed by atoms with Crippen molar-refractivity contribution in [3.8, 4) is 34.7 Å². The Kier molecular flexibility index (Phi) is 7.06. The van der Waals surface area contributed by atoms with Crippen molar-refractivity contribution < 1.29 is 18.8 Å². The van der Waals surface area contributed by atoms with Gasteiger partial charge in [-0.3, -0.25) is 4.90 Å². The first-order valence-electron chi connectivity index (χ1n) is 10.8. The van der Waals surface area contributed by atoms with Gasteiger partial charge in [0.2, 0.25) is 5.82 Å². The van der Waals surface area contributed by atoms with Crippen LogP contribution in [0, 0.1) is 11.3 Å². The Morgan fingerprint density at radius 3 is 2.53 bits per heavy atom. The second-order valence-corrected chi connectivity index (χ2v) is 8.93. The lowest BCUT2D eigenvalue weighted by molar-refractivity contribution is 0.0589. The summed E-state index contributed by atoms with van der Waals surface area (Å²) in [6, 6.07) is 12.7. The number of ether oxygens (including phenoxy) is 2. The summed E-state index contributed by atoms with van der Waals surface area (Å²) in [5, 5.41) is 13.6. The van der Waals surface area contributed by atoms with Gasteiger partial charge in [-0.15, -0.1) is 0 Å². The van der Waals surface area contributed by atoms with Crippen LogP contribution in [0.4, 0.5) is 10.5 Å². The summed E-state index contributed by atoms with van der Waals surface area (Å²) < 4.78 is 16.6. The van der Waals surface area contributed by atoms with Crippen LogP contribution < -0.4 is 9.64 Å². The third-order valence-corrected chi connectivity index (χ3v) is 4.67. The van der Waals surface area contributed by atoms with Gasteiger partial charge in [-0.2, -0.15) is 10.2 Å². The minimum Gasteiger partial charge on any atom is -0.490 e. The molecule has 0 spiro atoms. The van der Waals surface area contributed by atoms with E-state index in [0.717, 1.165) is 0 Å². The molecular weight excluding hydrogens is 432 g/mol. The van der Waals surface area contributed by atoms with E-state index < -0.39 is 11.7 Å². The van der Waals surface area contributed by atoms with E-state index in [9.17, 15) is 10.1 Å². The van der Waals surface area contributed by atoms with Crippen molar-refractivity contribution >= 4 is 17.9 Å². The summed E-state index contributed by atoms with van der Waals surface area (Å²) in [5.41, 5.74) is 2.42. The van der Waals surface area contributed by atoms with E-state index in [0.29, 0.717) is 39.5 Å². The molecule has 8 nitrogen and oxygen atoms in total. The second-order valence-electron chi connectivity index (χ2n) is 8.93. The Bertz CT molecular complexity index is 1250. The molecule has 1 aromatic heterocycles. The SMILES string of the molecule is C=Cc1cc(-c2noc(-c3ccc(OC(C)C)c(C#N)c3)n2)ccc1N(C)C(=O)OC(C)(C)C. The Morgan fingerprint density at radius 1 is 1.21 bits per heavy atom. The number of anilines is 1. The molecule has 3 aromatic rings. The molecule has 0 N–H and O–H groups in total. The predicted molar refractivity (Wildman–Crippen MR) is 130 cm³/mol. The minimum absolute atomic E-state index is 0.0515. The summed E-state index contributed by atoms with van der Waals surface area (Å²) in [7, 11) is 1.64. The Labute approximate surface area is 199 Å². The quantitative estimate of drug-likeness (QED) is 0.439. The largest absolute Gasteiger partial charge is 0.490 e. The van der Waals surface area contributed by atoms with Crippen LogP contribution in [0.3, 0.4) is 0 Å². The summed E-state index contributed by atoms with van der Waals surface area (Å²) in [4.78, 5) is 18.4. The number of carbonyl (C=O) groups is 1. The first-order chi connectivity index (χ1) is 16.0. The number of amides is 1. The number of hydrogen-bond acceptors (Lipinski definition) is 7. The zero-order chi connectivity index (χ0) is 25.0. The maximum absolute atomic E-state index is 12.5. The van der Waals surface area contributed by atoms with Gasteiger partial charge < -0.3 is 14.0 Å². The van der Waals surface area contributed by atoms with Crippen molar-refractivity contribution in [1.82, 2.24) is 10.1 Å². The molecule has 3 rings (SSSR count). The van der Waals surface area contributed by atoms with Crippen molar-refractivity contribution in [1.29, 1.82) is 5.26 Å². The van der Waals surface area contributed by atoms with Gasteiger partial charge in [0.1, 0.15) is 17.4 Å². The van der Waals surface area contributed by atoms with Crippen LogP contribution in [0.2, 0.25) is 0 Å². The van der Waals surface area contributed by atoms with Crippen molar-refractivity contribution in [3.63, 3.8) is 0 Å². The fraction of sp³-hybridized carbons (Fsp3) is 0.308. The first-order valence-corrected chi connectivity index (χ1v) is 10.8. The fourth-order valence-corrected chi connectivity index (χ4v) is 3.16. The van der Waals surface area contributed by atoms with Gasteiger partial charge in [0.15, 0.2) is 0 Å². The molecule has 0 aliphatic carbocycles. The van der Waals surface area contributed by atoms with Gasteiger partial charge in [-0.05, 0) is 76.6 Å². The lowest BCUT2D eigenvalue weighted by atomic mass is 10.1. The minimum atomic E-state index is -0.606. The van der Waals surface area contributed by atoms with E-state index >= 15 is 0 Å². The molecule has 0 aliphatic heterocycles.